The van der Waals surface area contributed by atoms with E-state index in [1.807, 2.05) is 6.92 Å². The molecule has 3 unspecified atom stereocenters. The highest BCUT2D eigenvalue weighted by molar-refractivity contribution is 5.82. The Bertz CT molecular complexity index is 330. The molecule has 1 N–H and O–H groups in total. The minimum absolute atomic E-state index is 0.284. The van der Waals surface area contributed by atoms with Gasteiger partial charge in [0.2, 0.25) is 6.29 Å². The highest BCUT2D eigenvalue weighted by Crippen LogP contribution is 2.31. The summed E-state index contributed by atoms with van der Waals surface area (Å²) < 4.78 is 15.3. The first-order chi connectivity index (χ1) is 9.08. The van der Waals surface area contributed by atoms with E-state index in [-0.39, 0.29) is 5.92 Å². The predicted octanol–water partition coefficient (Wildman–Crippen LogP) is 1.40. The van der Waals surface area contributed by atoms with E-state index in [0.717, 1.165) is 31.6 Å². The summed E-state index contributed by atoms with van der Waals surface area (Å²) in [6.45, 7) is 5.31. The summed E-state index contributed by atoms with van der Waals surface area (Å²) in [6.07, 6.45) is 3.35. The SMILES string of the molecule is CCC(O)OC(=O)C=C(C)C(CC1CO1)CC1CO1. The molecule has 19 heavy (non-hydrogen) atoms. The first kappa shape index (κ1) is 14.5. The Balaban J connectivity index is 1.87. The van der Waals surface area contributed by atoms with Gasteiger partial charge >= 0.3 is 5.97 Å². The van der Waals surface area contributed by atoms with Crippen molar-refractivity contribution in [3.05, 3.63) is 11.6 Å². The molecule has 3 atom stereocenters. The lowest BCUT2D eigenvalue weighted by Gasteiger charge is -2.16. The third kappa shape index (κ3) is 5.30. The molecule has 5 heteroatoms. The predicted molar refractivity (Wildman–Crippen MR) is 68.4 cm³/mol. The number of hydrogen-bond donors (Lipinski definition) is 1. The van der Waals surface area contributed by atoms with Crippen LogP contribution in [0.4, 0.5) is 0 Å². The highest BCUT2D eigenvalue weighted by atomic mass is 16.6. The van der Waals surface area contributed by atoms with Crippen LogP contribution in [0.3, 0.4) is 0 Å². The Labute approximate surface area is 113 Å². The van der Waals surface area contributed by atoms with Crippen LogP contribution in [-0.4, -0.2) is 42.8 Å². The molecule has 2 heterocycles. The van der Waals surface area contributed by atoms with Gasteiger partial charge in [-0.3, -0.25) is 0 Å². The lowest BCUT2D eigenvalue weighted by Crippen LogP contribution is -2.16. The number of aliphatic hydroxyl groups excluding tert-OH is 1. The van der Waals surface area contributed by atoms with E-state index < -0.39 is 12.3 Å². The van der Waals surface area contributed by atoms with Crippen molar-refractivity contribution in [1.29, 1.82) is 0 Å². The number of rotatable bonds is 8. The quantitative estimate of drug-likeness (QED) is 0.312. The van der Waals surface area contributed by atoms with Gasteiger partial charge in [-0.25, -0.2) is 4.79 Å². The Morgan fingerprint density at radius 3 is 2.32 bits per heavy atom. The van der Waals surface area contributed by atoms with E-state index in [1.165, 1.54) is 6.08 Å². The molecule has 2 saturated heterocycles. The van der Waals surface area contributed by atoms with E-state index in [0.29, 0.717) is 18.6 Å². The van der Waals surface area contributed by atoms with Gasteiger partial charge in [0.1, 0.15) is 0 Å². The van der Waals surface area contributed by atoms with Gasteiger partial charge in [-0.2, -0.15) is 0 Å². The first-order valence-electron chi connectivity index (χ1n) is 6.88. The van der Waals surface area contributed by atoms with Crippen molar-refractivity contribution in [2.24, 2.45) is 5.92 Å². The van der Waals surface area contributed by atoms with Gasteiger partial charge in [-0.05, 0) is 25.7 Å². The second-order valence-corrected chi connectivity index (χ2v) is 5.27. The van der Waals surface area contributed by atoms with E-state index in [1.54, 1.807) is 6.92 Å². The fourth-order valence-electron chi connectivity index (χ4n) is 2.07. The van der Waals surface area contributed by atoms with Gasteiger partial charge in [-0.1, -0.05) is 12.5 Å². The van der Waals surface area contributed by atoms with Crippen molar-refractivity contribution in [1.82, 2.24) is 0 Å². The number of ether oxygens (including phenoxy) is 3. The minimum atomic E-state index is -1.02. The van der Waals surface area contributed by atoms with Crippen molar-refractivity contribution in [3.63, 3.8) is 0 Å². The molecule has 0 aromatic heterocycles. The smallest absolute Gasteiger partial charge is 0.332 e. The molecule has 2 aliphatic heterocycles. The van der Waals surface area contributed by atoms with Gasteiger partial charge in [0, 0.05) is 12.5 Å². The third-order valence-electron chi connectivity index (χ3n) is 3.49. The summed E-state index contributed by atoms with van der Waals surface area (Å²) in [5.41, 5.74) is 0.972. The Kier molecular flexibility index (Phi) is 4.96. The number of carbonyl (C=O) groups excluding carboxylic acids is 1. The van der Waals surface area contributed by atoms with Crippen LogP contribution < -0.4 is 0 Å². The molecule has 0 spiro atoms. The number of aliphatic hydroxyl groups is 1. The molecule has 5 nitrogen and oxygen atoms in total. The summed E-state index contributed by atoms with van der Waals surface area (Å²) in [6, 6.07) is 0. The van der Waals surface area contributed by atoms with Crippen molar-refractivity contribution in [2.75, 3.05) is 13.2 Å². The molecule has 0 aromatic rings. The van der Waals surface area contributed by atoms with E-state index >= 15 is 0 Å². The molecule has 0 saturated carbocycles. The van der Waals surface area contributed by atoms with Crippen LogP contribution >= 0.6 is 0 Å². The average Bonchev–Trinajstić information content (AvgIpc) is 3.22. The number of esters is 1. The molecule has 2 rings (SSSR count). The van der Waals surface area contributed by atoms with Crippen LogP contribution in [0.2, 0.25) is 0 Å². The van der Waals surface area contributed by atoms with Crippen molar-refractivity contribution in [3.8, 4) is 0 Å². The standard InChI is InChI=1S/C14H22O5/c1-3-13(15)19-14(16)4-9(2)10(5-11-7-17-11)6-12-8-18-12/h4,10-13,15H,3,5-8H2,1-2H3. The topological polar surface area (TPSA) is 71.6 Å². The maximum absolute atomic E-state index is 11.6. The fourth-order valence-corrected chi connectivity index (χ4v) is 2.07. The van der Waals surface area contributed by atoms with Gasteiger partial charge in [0.25, 0.3) is 0 Å². The van der Waals surface area contributed by atoms with Crippen molar-refractivity contribution >= 4 is 5.97 Å². The molecule has 0 radical (unpaired) electrons. The van der Waals surface area contributed by atoms with Gasteiger partial charge < -0.3 is 19.3 Å². The number of carbonyl (C=O) groups is 1. The Morgan fingerprint density at radius 1 is 1.37 bits per heavy atom. The summed E-state index contributed by atoms with van der Waals surface area (Å²) in [5.74, 6) is -0.198. The van der Waals surface area contributed by atoms with Crippen LogP contribution in [0, 0.1) is 5.92 Å². The van der Waals surface area contributed by atoms with Crippen LogP contribution in [0.5, 0.6) is 0 Å². The molecule has 2 fully saturated rings. The molecule has 0 aromatic carbocycles. The zero-order chi connectivity index (χ0) is 13.8. The first-order valence-corrected chi connectivity index (χ1v) is 6.88. The Morgan fingerprint density at radius 2 is 1.89 bits per heavy atom. The fraction of sp³-hybridized carbons (Fsp3) is 0.786. The molecule has 0 bridgehead atoms. The summed E-state index contributed by atoms with van der Waals surface area (Å²) in [7, 11) is 0. The number of hydrogen-bond acceptors (Lipinski definition) is 5. The zero-order valence-corrected chi connectivity index (χ0v) is 11.5. The second kappa shape index (κ2) is 6.50. The largest absolute Gasteiger partial charge is 0.433 e. The van der Waals surface area contributed by atoms with E-state index in [4.69, 9.17) is 14.2 Å². The van der Waals surface area contributed by atoms with Crippen LogP contribution in [0.25, 0.3) is 0 Å². The average molecular weight is 270 g/mol. The lowest BCUT2D eigenvalue weighted by molar-refractivity contribution is -0.161. The molecule has 108 valence electrons. The maximum atomic E-state index is 11.6. The van der Waals surface area contributed by atoms with E-state index in [2.05, 4.69) is 0 Å². The highest BCUT2D eigenvalue weighted by Gasteiger charge is 2.33. The zero-order valence-electron chi connectivity index (χ0n) is 11.5. The molecule has 0 aliphatic carbocycles. The van der Waals surface area contributed by atoms with Gasteiger partial charge in [0.15, 0.2) is 0 Å². The van der Waals surface area contributed by atoms with Crippen LogP contribution in [0.15, 0.2) is 11.6 Å². The van der Waals surface area contributed by atoms with Crippen molar-refractivity contribution < 1.29 is 24.1 Å². The van der Waals surface area contributed by atoms with Crippen LogP contribution in [0.1, 0.15) is 33.1 Å². The number of allylic oxidation sites excluding steroid dienone is 1. The molecular weight excluding hydrogens is 248 g/mol. The molecule has 2 aliphatic rings. The Hall–Kier alpha value is -0.910. The molecular formula is C14H22O5. The van der Waals surface area contributed by atoms with Gasteiger partial charge in [-0.15, -0.1) is 0 Å². The van der Waals surface area contributed by atoms with E-state index in [9.17, 15) is 9.90 Å². The number of epoxide rings is 2. The molecule has 0 amide bonds. The van der Waals surface area contributed by atoms with Crippen LogP contribution in [-0.2, 0) is 19.0 Å². The minimum Gasteiger partial charge on any atom is -0.433 e. The summed E-state index contributed by atoms with van der Waals surface area (Å²) >= 11 is 0. The summed E-state index contributed by atoms with van der Waals surface area (Å²) in [4.78, 5) is 11.6. The monoisotopic (exact) mass is 270 g/mol. The van der Waals surface area contributed by atoms with Gasteiger partial charge in [0.05, 0.1) is 25.4 Å². The third-order valence-corrected chi connectivity index (χ3v) is 3.49. The normalized spacial score (nSPS) is 28.7. The summed E-state index contributed by atoms with van der Waals surface area (Å²) in [5, 5.41) is 9.28. The van der Waals surface area contributed by atoms with Crippen molar-refractivity contribution in [2.45, 2.75) is 51.6 Å². The maximum Gasteiger partial charge on any atom is 0.332 e. The second-order valence-electron chi connectivity index (χ2n) is 5.27. The lowest BCUT2D eigenvalue weighted by atomic mass is 9.90.